The lowest BCUT2D eigenvalue weighted by molar-refractivity contribution is 0.311. The average molecular weight is 392 g/mol. The highest BCUT2D eigenvalue weighted by atomic mass is 19.2. The molecule has 0 saturated heterocycles. The summed E-state index contributed by atoms with van der Waals surface area (Å²) in [5.41, 5.74) is -0.400. The fourth-order valence-electron chi connectivity index (χ4n) is 2.47. The second-order valence-corrected chi connectivity index (χ2v) is 5.63. The third-order valence-electron chi connectivity index (χ3n) is 3.78. The van der Waals surface area contributed by atoms with Gasteiger partial charge in [-0.15, -0.1) is 0 Å². The van der Waals surface area contributed by atoms with Gasteiger partial charge in [0.25, 0.3) is 0 Å². The summed E-state index contributed by atoms with van der Waals surface area (Å²) in [5, 5.41) is -0.148. The van der Waals surface area contributed by atoms with E-state index in [9.17, 15) is 26.3 Å². The molecule has 28 heavy (non-hydrogen) atoms. The van der Waals surface area contributed by atoms with Crippen molar-refractivity contribution in [1.29, 1.82) is 0 Å². The largest absolute Gasteiger partial charge is 0.483 e. The Kier molecular flexibility index (Phi) is 5.32. The van der Waals surface area contributed by atoms with Crippen LogP contribution in [0.4, 0.5) is 26.3 Å². The number of hydrogen-bond acceptors (Lipinski definition) is 1. The zero-order valence-corrected chi connectivity index (χ0v) is 14.1. The van der Waals surface area contributed by atoms with E-state index in [1.165, 1.54) is 24.3 Å². The number of benzene rings is 3. The van der Waals surface area contributed by atoms with Crippen LogP contribution in [0, 0.1) is 46.7 Å². The van der Waals surface area contributed by atoms with E-state index >= 15 is 0 Å². The summed E-state index contributed by atoms with van der Waals surface area (Å²) in [6, 6.07) is 5.13. The van der Waals surface area contributed by atoms with E-state index in [4.69, 9.17) is 4.74 Å². The molecule has 142 valence electrons. The van der Waals surface area contributed by atoms with Gasteiger partial charge in [-0.05, 0) is 29.7 Å². The predicted octanol–water partition coefficient (Wildman–Crippen LogP) is 5.64. The Morgan fingerprint density at radius 3 is 2.29 bits per heavy atom. The molecule has 0 amide bonds. The van der Waals surface area contributed by atoms with Crippen molar-refractivity contribution in [2.75, 3.05) is 6.61 Å². The Hall–Kier alpha value is -3.40. The van der Waals surface area contributed by atoms with Crippen molar-refractivity contribution in [3.05, 3.63) is 89.0 Å². The van der Waals surface area contributed by atoms with Crippen LogP contribution in [0.5, 0.6) is 5.75 Å². The zero-order valence-electron chi connectivity index (χ0n) is 14.1. The maximum Gasteiger partial charge on any atom is 0.205 e. The van der Waals surface area contributed by atoms with E-state index in [0.29, 0.717) is 6.07 Å². The molecule has 0 aliphatic rings. The van der Waals surface area contributed by atoms with Gasteiger partial charge < -0.3 is 4.74 Å². The van der Waals surface area contributed by atoms with Gasteiger partial charge in [0.2, 0.25) is 5.82 Å². The molecule has 0 aromatic heterocycles. The first-order chi connectivity index (χ1) is 13.3. The van der Waals surface area contributed by atoms with Gasteiger partial charge in [-0.1, -0.05) is 30.6 Å². The van der Waals surface area contributed by atoms with E-state index in [2.05, 4.69) is 18.4 Å². The average Bonchev–Trinajstić information content (AvgIpc) is 2.67. The smallest absolute Gasteiger partial charge is 0.205 e. The molecule has 0 spiro atoms. The molecule has 0 bridgehead atoms. The molecular weight excluding hydrogens is 382 g/mol. The van der Waals surface area contributed by atoms with Crippen molar-refractivity contribution in [2.24, 2.45) is 0 Å². The van der Waals surface area contributed by atoms with Gasteiger partial charge in [-0.25, -0.2) is 22.0 Å². The number of fused-ring (bicyclic) bond motifs is 1. The van der Waals surface area contributed by atoms with Crippen molar-refractivity contribution in [3.63, 3.8) is 0 Å². The molecule has 0 heterocycles. The van der Waals surface area contributed by atoms with Gasteiger partial charge in [-0.3, -0.25) is 0 Å². The molecule has 1 nitrogen and oxygen atoms in total. The van der Waals surface area contributed by atoms with Gasteiger partial charge in [0.1, 0.15) is 6.61 Å². The highest BCUT2D eigenvalue weighted by Gasteiger charge is 2.19. The predicted molar refractivity (Wildman–Crippen MR) is 91.8 cm³/mol. The van der Waals surface area contributed by atoms with Gasteiger partial charge in [0.15, 0.2) is 34.8 Å². The van der Waals surface area contributed by atoms with Crippen molar-refractivity contribution >= 4 is 10.8 Å². The number of ether oxygens (including phenoxy) is 1. The molecule has 0 saturated carbocycles. The van der Waals surface area contributed by atoms with Crippen LogP contribution in [-0.4, -0.2) is 6.61 Å². The summed E-state index contributed by atoms with van der Waals surface area (Å²) < 4.78 is 87.0. The van der Waals surface area contributed by atoms with Crippen LogP contribution in [0.2, 0.25) is 0 Å². The molecule has 0 aliphatic carbocycles. The quantitative estimate of drug-likeness (QED) is 0.184. The van der Waals surface area contributed by atoms with E-state index in [1.54, 1.807) is 0 Å². The first kappa shape index (κ1) is 19.4. The Morgan fingerprint density at radius 2 is 1.57 bits per heavy atom. The molecule has 0 N–H and O–H groups in total. The van der Waals surface area contributed by atoms with Crippen molar-refractivity contribution in [2.45, 2.75) is 0 Å². The fraction of sp³-hybridized carbons (Fsp3) is 0.0476. The van der Waals surface area contributed by atoms with Crippen LogP contribution in [0.25, 0.3) is 10.8 Å². The summed E-state index contributed by atoms with van der Waals surface area (Å²) in [6.07, 6.45) is 1.24. The monoisotopic (exact) mass is 392 g/mol. The summed E-state index contributed by atoms with van der Waals surface area (Å²) in [7, 11) is 0. The lowest BCUT2D eigenvalue weighted by Crippen LogP contribution is -2.03. The van der Waals surface area contributed by atoms with Crippen LogP contribution in [-0.2, 0) is 0 Å². The number of rotatable bonds is 3. The third-order valence-corrected chi connectivity index (χ3v) is 3.78. The minimum atomic E-state index is -1.60. The molecule has 0 atom stereocenters. The maximum atomic E-state index is 14.1. The minimum absolute atomic E-state index is 0.0224. The van der Waals surface area contributed by atoms with Gasteiger partial charge in [-0.2, -0.15) is 4.39 Å². The van der Waals surface area contributed by atoms with Crippen molar-refractivity contribution in [1.82, 2.24) is 0 Å². The Balaban J connectivity index is 2.02. The zero-order chi connectivity index (χ0) is 20.4. The molecule has 0 fully saturated rings. The van der Waals surface area contributed by atoms with Gasteiger partial charge in [0, 0.05) is 10.9 Å². The van der Waals surface area contributed by atoms with Crippen LogP contribution < -0.4 is 4.74 Å². The first-order valence-corrected chi connectivity index (χ1v) is 7.84. The standard InChI is InChI=1S/C21H10F6O/c1-2-7-28-21-16(23)9-12(17(24)20(21)27)5-3-11-4-6-14-13(8-11)10-15(22)19(26)18(14)25/h2,4,6,8-10H,1,7H2. The second kappa shape index (κ2) is 7.69. The molecule has 3 aromatic carbocycles. The van der Waals surface area contributed by atoms with Crippen LogP contribution in [0.1, 0.15) is 11.1 Å². The summed E-state index contributed by atoms with van der Waals surface area (Å²) in [5.74, 6) is -4.60. The van der Waals surface area contributed by atoms with Crippen LogP contribution in [0.3, 0.4) is 0 Å². The van der Waals surface area contributed by atoms with E-state index in [-0.39, 0.29) is 22.9 Å². The SMILES string of the molecule is C=CCOc1c(F)cc(C#Cc2ccc3c(F)c(F)c(F)cc3c2)c(F)c1F. The summed E-state index contributed by atoms with van der Waals surface area (Å²) in [4.78, 5) is 0. The lowest BCUT2D eigenvalue weighted by Gasteiger charge is -2.07. The van der Waals surface area contributed by atoms with Gasteiger partial charge >= 0.3 is 0 Å². The molecule has 3 rings (SSSR count). The minimum Gasteiger partial charge on any atom is -0.483 e. The number of halogens is 6. The number of hydrogen-bond donors (Lipinski definition) is 0. The fourth-order valence-corrected chi connectivity index (χ4v) is 2.47. The van der Waals surface area contributed by atoms with Crippen LogP contribution in [0.15, 0.2) is 43.0 Å². The second-order valence-electron chi connectivity index (χ2n) is 5.63. The summed E-state index contributed by atoms with van der Waals surface area (Å²) in [6.45, 7) is 3.10. The molecule has 7 heteroatoms. The highest BCUT2D eigenvalue weighted by Crippen LogP contribution is 2.27. The maximum absolute atomic E-state index is 14.1. The van der Waals surface area contributed by atoms with Gasteiger partial charge in [0.05, 0.1) is 5.56 Å². The Morgan fingerprint density at radius 1 is 0.821 bits per heavy atom. The topological polar surface area (TPSA) is 9.23 Å². The van der Waals surface area contributed by atoms with Crippen molar-refractivity contribution < 1.29 is 31.1 Å². The lowest BCUT2D eigenvalue weighted by atomic mass is 10.1. The highest BCUT2D eigenvalue weighted by molar-refractivity contribution is 5.84. The Labute approximate surface area is 155 Å². The van der Waals surface area contributed by atoms with E-state index < -0.39 is 46.2 Å². The van der Waals surface area contributed by atoms with E-state index in [0.717, 1.165) is 6.07 Å². The summed E-state index contributed by atoms with van der Waals surface area (Å²) >= 11 is 0. The normalized spacial score (nSPS) is 10.5. The third kappa shape index (κ3) is 3.54. The molecule has 0 unspecified atom stereocenters. The van der Waals surface area contributed by atoms with Crippen LogP contribution >= 0.6 is 0 Å². The molecule has 0 radical (unpaired) electrons. The van der Waals surface area contributed by atoms with Crippen molar-refractivity contribution in [3.8, 4) is 17.6 Å². The Bertz CT molecular complexity index is 1160. The van der Waals surface area contributed by atoms with E-state index in [1.807, 2.05) is 0 Å². The molecule has 0 aliphatic heterocycles. The first-order valence-electron chi connectivity index (χ1n) is 7.84. The molecule has 3 aromatic rings. The molecular formula is C21H10F6O.